The van der Waals surface area contributed by atoms with E-state index in [1.165, 1.54) is 17.1 Å². The van der Waals surface area contributed by atoms with Gasteiger partial charge in [-0.05, 0) is 12.1 Å². The van der Waals surface area contributed by atoms with Gasteiger partial charge in [-0.3, -0.25) is 24.5 Å². The highest BCUT2D eigenvalue weighted by atomic mass is 35.5. The standard InChI is InChI=1S/C17H19Cl2N5O3/c18-15-2-1-3-16(19)14(15)12-21-6-8-22(9-7-21)17(25)4-5-23-11-13(10-20-23)24(26)27/h1-3,10-11H,4-9,12H2. The van der Waals surface area contributed by atoms with Crippen molar-refractivity contribution < 1.29 is 9.72 Å². The number of rotatable bonds is 6. The third kappa shape index (κ3) is 4.97. The predicted molar refractivity (Wildman–Crippen MR) is 102 cm³/mol. The molecule has 1 aromatic carbocycles. The van der Waals surface area contributed by atoms with Crippen molar-refractivity contribution >= 4 is 34.8 Å². The number of carbonyl (C=O) groups is 1. The maximum Gasteiger partial charge on any atom is 0.306 e. The van der Waals surface area contributed by atoms with Crippen LogP contribution in [0.15, 0.2) is 30.6 Å². The number of piperazine rings is 1. The van der Waals surface area contributed by atoms with Gasteiger partial charge in [-0.1, -0.05) is 29.3 Å². The molecule has 1 aromatic heterocycles. The van der Waals surface area contributed by atoms with E-state index in [4.69, 9.17) is 23.2 Å². The quantitative estimate of drug-likeness (QED) is 0.538. The zero-order valence-electron chi connectivity index (χ0n) is 14.6. The largest absolute Gasteiger partial charge is 0.340 e. The Morgan fingerprint density at radius 1 is 1.19 bits per heavy atom. The number of benzene rings is 1. The first-order valence-corrected chi connectivity index (χ1v) is 9.29. The van der Waals surface area contributed by atoms with Crippen LogP contribution < -0.4 is 0 Å². The maximum atomic E-state index is 12.4. The molecule has 0 aliphatic carbocycles. The van der Waals surface area contributed by atoms with Crippen LogP contribution in [0.3, 0.4) is 0 Å². The molecule has 2 aromatic rings. The van der Waals surface area contributed by atoms with Crippen molar-refractivity contribution in [3.63, 3.8) is 0 Å². The van der Waals surface area contributed by atoms with Gasteiger partial charge in [-0.15, -0.1) is 0 Å². The number of amides is 1. The van der Waals surface area contributed by atoms with Gasteiger partial charge in [0.15, 0.2) is 0 Å². The number of aryl methyl sites for hydroxylation is 1. The molecule has 0 spiro atoms. The Morgan fingerprint density at radius 2 is 1.85 bits per heavy atom. The lowest BCUT2D eigenvalue weighted by molar-refractivity contribution is -0.385. The van der Waals surface area contributed by atoms with Gasteiger partial charge in [0.05, 0.1) is 4.92 Å². The van der Waals surface area contributed by atoms with Gasteiger partial charge >= 0.3 is 5.69 Å². The van der Waals surface area contributed by atoms with Crippen LogP contribution in [0.4, 0.5) is 5.69 Å². The maximum absolute atomic E-state index is 12.4. The minimum absolute atomic E-state index is 0.0172. The molecule has 0 saturated carbocycles. The summed E-state index contributed by atoms with van der Waals surface area (Å²) in [6.07, 6.45) is 2.77. The zero-order chi connectivity index (χ0) is 19.4. The van der Waals surface area contributed by atoms with Crippen molar-refractivity contribution in [2.45, 2.75) is 19.5 Å². The van der Waals surface area contributed by atoms with E-state index < -0.39 is 4.92 Å². The first-order chi connectivity index (χ1) is 12.9. The molecule has 2 heterocycles. The second-order valence-electron chi connectivity index (χ2n) is 6.33. The molecule has 1 saturated heterocycles. The lowest BCUT2D eigenvalue weighted by atomic mass is 10.2. The minimum atomic E-state index is -0.504. The Morgan fingerprint density at radius 3 is 2.44 bits per heavy atom. The van der Waals surface area contributed by atoms with E-state index in [-0.39, 0.29) is 18.0 Å². The second-order valence-corrected chi connectivity index (χ2v) is 7.14. The van der Waals surface area contributed by atoms with Crippen LogP contribution in [0.5, 0.6) is 0 Å². The Balaban J connectivity index is 1.47. The Labute approximate surface area is 166 Å². The van der Waals surface area contributed by atoms with Crippen LogP contribution in [-0.2, 0) is 17.9 Å². The lowest BCUT2D eigenvalue weighted by Gasteiger charge is -2.35. The summed E-state index contributed by atoms with van der Waals surface area (Å²) in [4.78, 5) is 26.6. The number of halogens is 2. The summed E-state index contributed by atoms with van der Waals surface area (Å²) in [6, 6.07) is 5.46. The average molecular weight is 412 g/mol. The number of aromatic nitrogens is 2. The third-order valence-corrected chi connectivity index (χ3v) is 5.26. The smallest absolute Gasteiger partial charge is 0.306 e. The van der Waals surface area contributed by atoms with Crippen molar-refractivity contribution in [3.05, 3.63) is 56.3 Å². The lowest BCUT2D eigenvalue weighted by Crippen LogP contribution is -2.48. The molecule has 0 radical (unpaired) electrons. The monoisotopic (exact) mass is 411 g/mol. The molecule has 10 heteroatoms. The topological polar surface area (TPSA) is 84.5 Å². The number of nitro groups is 1. The molecule has 0 unspecified atom stereocenters. The van der Waals surface area contributed by atoms with Gasteiger partial charge in [-0.25, -0.2) is 0 Å². The first kappa shape index (κ1) is 19.6. The Hall–Kier alpha value is -2.16. The van der Waals surface area contributed by atoms with Crippen LogP contribution in [0.25, 0.3) is 0 Å². The van der Waals surface area contributed by atoms with E-state index >= 15 is 0 Å². The third-order valence-electron chi connectivity index (χ3n) is 4.55. The first-order valence-electron chi connectivity index (χ1n) is 8.54. The van der Waals surface area contributed by atoms with Crippen molar-refractivity contribution in [1.82, 2.24) is 19.6 Å². The number of hydrogen-bond donors (Lipinski definition) is 0. The van der Waals surface area contributed by atoms with Crippen LogP contribution >= 0.6 is 23.2 Å². The zero-order valence-corrected chi connectivity index (χ0v) is 16.1. The van der Waals surface area contributed by atoms with Crippen LogP contribution in [0.1, 0.15) is 12.0 Å². The molecule has 1 aliphatic rings. The van der Waals surface area contributed by atoms with Crippen molar-refractivity contribution in [3.8, 4) is 0 Å². The summed E-state index contributed by atoms with van der Waals surface area (Å²) >= 11 is 12.4. The van der Waals surface area contributed by atoms with Crippen LogP contribution in [0, 0.1) is 10.1 Å². The fraction of sp³-hybridized carbons (Fsp3) is 0.412. The fourth-order valence-corrected chi connectivity index (χ4v) is 3.52. The van der Waals surface area contributed by atoms with Crippen LogP contribution in [-0.4, -0.2) is 56.6 Å². The van der Waals surface area contributed by atoms with Crippen molar-refractivity contribution in [2.75, 3.05) is 26.2 Å². The number of hydrogen-bond acceptors (Lipinski definition) is 5. The molecule has 1 fully saturated rings. The molecule has 8 nitrogen and oxygen atoms in total. The number of nitrogens with zero attached hydrogens (tertiary/aromatic N) is 5. The van der Waals surface area contributed by atoms with Gasteiger partial charge in [0.1, 0.15) is 12.4 Å². The molecule has 3 rings (SSSR count). The molecular formula is C17H19Cl2N5O3. The molecule has 0 atom stereocenters. The SMILES string of the molecule is O=C(CCn1cc([N+](=O)[O-])cn1)N1CCN(Cc2c(Cl)cccc2Cl)CC1. The Kier molecular flexibility index (Phi) is 6.30. The average Bonchev–Trinajstić information content (AvgIpc) is 3.13. The van der Waals surface area contributed by atoms with E-state index in [1.54, 1.807) is 0 Å². The van der Waals surface area contributed by atoms with Gasteiger partial charge in [0, 0.05) is 61.3 Å². The highest BCUT2D eigenvalue weighted by molar-refractivity contribution is 6.35. The van der Waals surface area contributed by atoms with Crippen LogP contribution in [0.2, 0.25) is 10.0 Å². The number of carbonyl (C=O) groups excluding carboxylic acids is 1. The molecule has 27 heavy (non-hydrogen) atoms. The summed E-state index contributed by atoms with van der Waals surface area (Å²) in [5, 5.41) is 15.9. The molecular weight excluding hydrogens is 393 g/mol. The van der Waals surface area contributed by atoms with E-state index in [0.29, 0.717) is 36.2 Å². The fourth-order valence-electron chi connectivity index (χ4n) is 3.00. The van der Waals surface area contributed by atoms with E-state index in [9.17, 15) is 14.9 Å². The second kappa shape index (κ2) is 8.69. The normalized spacial score (nSPS) is 15.1. The molecule has 144 valence electrons. The van der Waals surface area contributed by atoms with Crippen molar-refractivity contribution in [2.24, 2.45) is 0 Å². The van der Waals surface area contributed by atoms with E-state index in [0.717, 1.165) is 18.7 Å². The van der Waals surface area contributed by atoms with Gasteiger partial charge in [0.2, 0.25) is 5.91 Å². The Bertz CT molecular complexity index is 813. The van der Waals surface area contributed by atoms with E-state index in [2.05, 4.69) is 10.00 Å². The molecule has 1 amide bonds. The highest BCUT2D eigenvalue weighted by Crippen LogP contribution is 2.26. The molecule has 1 aliphatic heterocycles. The highest BCUT2D eigenvalue weighted by Gasteiger charge is 2.22. The van der Waals surface area contributed by atoms with Gasteiger partial charge in [-0.2, -0.15) is 5.10 Å². The summed E-state index contributed by atoms with van der Waals surface area (Å²) in [7, 11) is 0. The summed E-state index contributed by atoms with van der Waals surface area (Å²) in [6.45, 7) is 3.70. The molecule has 0 N–H and O–H groups in total. The van der Waals surface area contributed by atoms with Gasteiger partial charge < -0.3 is 4.90 Å². The minimum Gasteiger partial charge on any atom is -0.340 e. The molecule has 0 bridgehead atoms. The predicted octanol–water partition coefficient (Wildman–Crippen LogP) is 2.83. The van der Waals surface area contributed by atoms with E-state index in [1.807, 2.05) is 23.1 Å². The van der Waals surface area contributed by atoms with Crippen molar-refractivity contribution in [1.29, 1.82) is 0 Å². The van der Waals surface area contributed by atoms with Gasteiger partial charge in [0.25, 0.3) is 0 Å². The summed E-state index contributed by atoms with van der Waals surface area (Å²) in [5.74, 6) is 0.0172. The summed E-state index contributed by atoms with van der Waals surface area (Å²) in [5.41, 5.74) is 0.829. The summed E-state index contributed by atoms with van der Waals surface area (Å²) < 4.78 is 1.42.